The summed E-state index contributed by atoms with van der Waals surface area (Å²) in [5.74, 6) is 0.0932. The van der Waals surface area contributed by atoms with Crippen LogP contribution in [0.3, 0.4) is 0 Å². The van der Waals surface area contributed by atoms with Crippen LogP contribution in [0.15, 0.2) is 36.4 Å². The van der Waals surface area contributed by atoms with Gasteiger partial charge in [-0.25, -0.2) is 0 Å². The SMILES string of the molecule is CC(=O)c1cc2c(cc1NC(=O)COc1ccc(C(N)=O)cc1)OCO2. The van der Waals surface area contributed by atoms with Gasteiger partial charge < -0.3 is 25.3 Å². The van der Waals surface area contributed by atoms with E-state index in [0.29, 0.717) is 34.1 Å². The van der Waals surface area contributed by atoms with Gasteiger partial charge in [0.25, 0.3) is 5.91 Å². The maximum atomic E-state index is 12.1. The molecule has 134 valence electrons. The molecule has 0 aliphatic carbocycles. The number of fused-ring (bicyclic) bond motifs is 1. The second-order valence-electron chi connectivity index (χ2n) is 5.53. The van der Waals surface area contributed by atoms with Crippen LogP contribution in [0.2, 0.25) is 0 Å². The first-order chi connectivity index (χ1) is 12.4. The van der Waals surface area contributed by atoms with Gasteiger partial charge in [-0.05, 0) is 37.3 Å². The minimum absolute atomic E-state index is 0.0640. The highest BCUT2D eigenvalue weighted by Crippen LogP contribution is 2.37. The molecule has 2 amide bonds. The van der Waals surface area contributed by atoms with Crippen molar-refractivity contribution < 1.29 is 28.6 Å². The van der Waals surface area contributed by atoms with Crippen molar-refractivity contribution in [2.45, 2.75) is 6.92 Å². The number of ether oxygens (including phenoxy) is 3. The van der Waals surface area contributed by atoms with Gasteiger partial charge in [-0.1, -0.05) is 0 Å². The Hall–Kier alpha value is -3.55. The Labute approximate surface area is 148 Å². The fourth-order valence-electron chi connectivity index (χ4n) is 2.39. The monoisotopic (exact) mass is 356 g/mol. The van der Waals surface area contributed by atoms with E-state index in [4.69, 9.17) is 19.9 Å². The van der Waals surface area contributed by atoms with Gasteiger partial charge in [-0.3, -0.25) is 14.4 Å². The highest BCUT2D eigenvalue weighted by Gasteiger charge is 2.20. The highest BCUT2D eigenvalue weighted by molar-refractivity contribution is 6.04. The molecule has 8 heteroatoms. The van der Waals surface area contributed by atoms with Crippen molar-refractivity contribution in [2.24, 2.45) is 5.73 Å². The lowest BCUT2D eigenvalue weighted by Gasteiger charge is -2.11. The number of nitrogens with two attached hydrogens (primary N) is 1. The van der Waals surface area contributed by atoms with Gasteiger partial charge in [0.2, 0.25) is 12.7 Å². The zero-order chi connectivity index (χ0) is 18.7. The topological polar surface area (TPSA) is 117 Å². The molecule has 0 atom stereocenters. The number of hydrogen-bond acceptors (Lipinski definition) is 6. The smallest absolute Gasteiger partial charge is 0.262 e. The lowest BCUT2D eigenvalue weighted by atomic mass is 10.1. The van der Waals surface area contributed by atoms with Crippen molar-refractivity contribution >= 4 is 23.3 Å². The number of ketones is 1. The van der Waals surface area contributed by atoms with Crippen molar-refractivity contribution in [1.82, 2.24) is 0 Å². The van der Waals surface area contributed by atoms with E-state index in [0.717, 1.165) is 0 Å². The number of amides is 2. The van der Waals surface area contributed by atoms with Crippen molar-refractivity contribution in [2.75, 3.05) is 18.7 Å². The van der Waals surface area contributed by atoms with Gasteiger partial charge in [0.15, 0.2) is 23.9 Å². The summed E-state index contributed by atoms with van der Waals surface area (Å²) in [6.45, 7) is 1.18. The molecule has 26 heavy (non-hydrogen) atoms. The first kappa shape index (κ1) is 17.3. The molecular formula is C18H16N2O6. The Balaban J connectivity index is 1.66. The molecule has 2 aromatic carbocycles. The number of anilines is 1. The van der Waals surface area contributed by atoms with Crippen molar-refractivity contribution in [3.8, 4) is 17.2 Å². The van der Waals surface area contributed by atoms with Gasteiger partial charge in [0.05, 0.1) is 5.69 Å². The van der Waals surface area contributed by atoms with Gasteiger partial charge >= 0.3 is 0 Å². The molecule has 1 heterocycles. The van der Waals surface area contributed by atoms with Gasteiger partial charge in [-0.2, -0.15) is 0 Å². The molecule has 0 saturated heterocycles. The number of hydrogen-bond donors (Lipinski definition) is 2. The minimum atomic E-state index is -0.547. The van der Waals surface area contributed by atoms with Crippen LogP contribution in [0.4, 0.5) is 5.69 Å². The molecular weight excluding hydrogens is 340 g/mol. The van der Waals surface area contributed by atoms with Gasteiger partial charge in [-0.15, -0.1) is 0 Å². The normalized spacial score (nSPS) is 11.7. The van der Waals surface area contributed by atoms with Crippen LogP contribution in [0, 0.1) is 0 Å². The number of Topliss-reactive ketones (excluding diaryl/α,β-unsaturated/α-hetero) is 1. The largest absolute Gasteiger partial charge is 0.484 e. The number of primary amides is 1. The fourth-order valence-corrected chi connectivity index (χ4v) is 2.39. The molecule has 0 aromatic heterocycles. The summed E-state index contributed by atoms with van der Waals surface area (Å²) in [5.41, 5.74) is 6.13. The molecule has 3 N–H and O–H groups in total. The van der Waals surface area contributed by atoms with E-state index in [2.05, 4.69) is 5.32 Å². The number of nitrogens with one attached hydrogen (secondary N) is 1. The maximum absolute atomic E-state index is 12.1. The van der Waals surface area contributed by atoms with Crippen LogP contribution in [0.5, 0.6) is 17.2 Å². The quantitative estimate of drug-likeness (QED) is 0.761. The Bertz CT molecular complexity index is 876. The van der Waals surface area contributed by atoms with Crippen LogP contribution in [-0.4, -0.2) is 31.0 Å². The average Bonchev–Trinajstić information content (AvgIpc) is 3.06. The van der Waals surface area contributed by atoms with E-state index in [9.17, 15) is 14.4 Å². The van der Waals surface area contributed by atoms with E-state index >= 15 is 0 Å². The maximum Gasteiger partial charge on any atom is 0.262 e. The number of carbonyl (C=O) groups excluding carboxylic acids is 3. The number of carbonyl (C=O) groups is 3. The van der Waals surface area contributed by atoms with Gasteiger partial charge in [0, 0.05) is 17.2 Å². The molecule has 0 spiro atoms. The summed E-state index contributed by atoms with van der Waals surface area (Å²) >= 11 is 0. The molecule has 1 aliphatic heterocycles. The van der Waals surface area contributed by atoms with Crippen molar-refractivity contribution in [1.29, 1.82) is 0 Å². The lowest BCUT2D eigenvalue weighted by Crippen LogP contribution is -2.21. The van der Waals surface area contributed by atoms with E-state index in [1.165, 1.54) is 37.3 Å². The lowest BCUT2D eigenvalue weighted by molar-refractivity contribution is -0.118. The zero-order valence-electron chi connectivity index (χ0n) is 13.9. The van der Waals surface area contributed by atoms with Crippen LogP contribution in [-0.2, 0) is 4.79 Å². The second-order valence-corrected chi connectivity index (χ2v) is 5.53. The average molecular weight is 356 g/mol. The van der Waals surface area contributed by atoms with Crippen LogP contribution in [0.1, 0.15) is 27.6 Å². The first-order valence-corrected chi connectivity index (χ1v) is 7.71. The Morgan fingerprint density at radius 1 is 1.12 bits per heavy atom. The predicted octanol–water partition coefficient (Wildman–Crippen LogP) is 1.73. The van der Waals surface area contributed by atoms with E-state index in [1.807, 2.05) is 0 Å². The molecule has 0 bridgehead atoms. The molecule has 0 fully saturated rings. The van der Waals surface area contributed by atoms with E-state index in [-0.39, 0.29) is 19.2 Å². The third-order valence-electron chi connectivity index (χ3n) is 3.67. The predicted molar refractivity (Wildman–Crippen MR) is 91.7 cm³/mol. The summed E-state index contributed by atoms with van der Waals surface area (Å²) in [5, 5.41) is 2.63. The van der Waals surface area contributed by atoms with Crippen LogP contribution >= 0.6 is 0 Å². The first-order valence-electron chi connectivity index (χ1n) is 7.71. The molecule has 1 aliphatic rings. The van der Waals surface area contributed by atoms with E-state index < -0.39 is 11.8 Å². The van der Waals surface area contributed by atoms with Crippen molar-refractivity contribution in [3.05, 3.63) is 47.5 Å². The minimum Gasteiger partial charge on any atom is -0.484 e. The molecule has 0 unspecified atom stereocenters. The standard InChI is InChI=1S/C18H16N2O6/c1-10(21)13-6-15-16(26-9-25-15)7-14(13)20-17(22)8-24-12-4-2-11(3-5-12)18(19)23/h2-7H,8-9H2,1H3,(H2,19,23)(H,20,22). The summed E-state index contributed by atoms with van der Waals surface area (Å²) in [7, 11) is 0. The number of rotatable bonds is 6. The number of benzene rings is 2. The zero-order valence-corrected chi connectivity index (χ0v) is 13.9. The van der Waals surface area contributed by atoms with Gasteiger partial charge in [0.1, 0.15) is 5.75 Å². The Kier molecular flexibility index (Phi) is 4.74. The molecule has 2 aromatic rings. The third-order valence-corrected chi connectivity index (χ3v) is 3.67. The highest BCUT2D eigenvalue weighted by atomic mass is 16.7. The molecule has 0 radical (unpaired) electrons. The molecule has 0 saturated carbocycles. The Morgan fingerprint density at radius 2 is 1.77 bits per heavy atom. The van der Waals surface area contributed by atoms with E-state index in [1.54, 1.807) is 6.07 Å². The Morgan fingerprint density at radius 3 is 2.38 bits per heavy atom. The molecule has 8 nitrogen and oxygen atoms in total. The van der Waals surface area contributed by atoms with Crippen LogP contribution < -0.4 is 25.3 Å². The van der Waals surface area contributed by atoms with Crippen LogP contribution in [0.25, 0.3) is 0 Å². The van der Waals surface area contributed by atoms with Crippen molar-refractivity contribution in [3.63, 3.8) is 0 Å². The summed E-state index contributed by atoms with van der Waals surface area (Å²) < 4.78 is 15.9. The third kappa shape index (κ3) is 3.75. The summed E-state index contributed by atoms with van der Waals surface area (Å²) in [6.07, 6.45) is 0. The second kappa shape index (κ2) is 7.14. The summed E-state index contributed by atoms with van der Waals surface area (Å²) in [6, 6.07) is 9.15. The molecule has 3 rings (SSSR count). The fraction of sp³-hybridized carbons (Fsp3) is 0.167. The summed E-state index contributed by atoms with van der Waals surface area (Å²) in [4.78, 5) is 35.0.